The van der Waals surface area contributed by atoms with E-state index in [9.17, 15) is 0 Å². The fraction of sp³-hybridized carbons (Fsp3) is 0.417. The molecule has 4 heteroatoms. The second kappa shape index (κ2) is 4.04. The van der Waals surface area contributed by atoms with E-state index in [0.29, 0.717) is 11.9 Å². The van der Waals surface area contributed by atoms with E-state index >= 15 is 0 Å². The van der Waals surface area contributed by atoms with Crippen molar-refractivity contribution >= 4 is 0 Å². The summed E-state index contributed by atoms with van der Waals surface area (Å²) in [6, 6.07) is 3.96. The molecule has 0 aliphatic carbocycles. The minimum absolute atomic E-state index is 0.400. The van der Waals surface area contributed by atoms with E-state index in [0.717, 1.165) is 17.1 Å². The van der Waals surface area contributed by atoms with Gasteiger partial charge in [0.15, 0.2) is 0 Å². The van der Waals surface area contributed by atoms with Gasteiger partial charge in [0.2, 0.25) is 0 Å². The zero-order chi connectivity index (χ0) is 11.7. The summed E-state index contributed by atoms with van der Waals surface area (Å²) < 4.78 is 1.72. The fourth-order valence-electron chi connectivity index (χ4n) is 1.50. The number of nitrogens with zero attached hydrogens (tertiary/aromatic N) is 4. The fourth-order valence-corrected chi connectivity index (χ4v) is 1.50. The number of aryl methyl sites for hydroxylation is 2. The van der Waals surface area contributed by atoms with Crippen molar-refractivity contribution in [2.75, 3.05) is 0 Å². The van der Waals surface area contributed by atoms with Crippen LogP contribution in [0, 0.1) is 13.8 Å². The first kappa shape index (κ1) is 10.8. The van der Waals surface area contributed by atoms with Crippen LogP contribution in [0.25, 0.3) is 5.95 Å². The molecule has 0 bridgehead atoms. The number of rotatable bonds is 2. The van der Waals surface area contributed by atoms with E-state index in [1.165, 1.54) is 0 Å². The average molecular weight is 216 g/mol. The van der Waals surface area contributed by atoms with Crippen molar-refractivity contribution in [1.29, 1.82) is 0 Å². The Balaban J connectivity index is 2.49. The van der Waals surface area contributed by atoms with Crippen LogP contribution in [0.2, 0.25) is 0 Å². The molecule has 0 radical (unpaired) electrons. The summed E-state index contributed by atoms with van der Waals surface area (Å²) in [4.78, 5) is 8.90. The molecule has 0 N–H and O–H groups in total. The predicted molar refractivity (Wildman–Crippen MR) is 62.7 cm³/mol. The molecule has 0 fully saturated rings. The Morgan fingerprint density at radius 3 is 2.44 bits per heavy atom. The van der Waals surface area contributed by atoms with Crippen molar-refractivity contribution < 1.29 is 0 Å². The molecule has 16 heavy (non-hydrogen) atoms. The molecule has 0 unspecified atom stereocenters. The molecule has 2 aromatic rings. The van der Waals surface area contributed by atoms with Gasteiger partial charge in [0.1, 0.15) is 0 Å². The van der Waals surface area contributed by atoms with Crippen LogP contribution in [0.5, 0.6) is 0 Å². The van der Waals surface area contributed by atoms with Gasteiger partial charge in [0.25, 0.3) is 5.95 Å². The predicted octanol–water partition coefficient (Wildman–Crippen LogP) is 2.40. The van der Waals surface area contributed by atoms with Gasteiger partial charge in [-0.3, -0.25) is 0 Å². The lowest BCUT2D eigenvalue weighted by molar-refractivity contribution is 0.745. The summed E-state index contributed by atoms with van der Waals surface area (Å²) in [7, 11) is 0. The molecule has 2 heterocycles. The van der Waals surface area contributed by atoms with Crippen LogP contribution in [0.3, 0.4) is 0 Å². The highest BCUT2D eigenvalue weighted by Crippen LogP contribution is 2.13. The molecule has 2 aromatic heterocycles. The summed E-state index contributed by atoms with van der Waals surface area (Å²) in [6.45, 7) is 8.18. The van der Waals surface area contributed by atoms with E-state index in [1.807, 2.05) is 32.2 Å². The van der Waals surface area contributed by atoms with Gasteiger partial charge < -0.3 is 0 Å². The molecule has 84 valence electrons. The summed E-state index contributed by atoms with van der Waals surface area (Å²) in [5, 5.41) is 4.31. The van der Waals surface area contributed by atoms with Gasteiger partial charge >= 0.3 is 0 Å². The molecular weight excluding hydrogens is 200 g/mol. The molecule has 0 aliphatic heterocycles. The molecule has 2 rings (SSSR count). The molecule has 0 aromatic carbocycles. The van der Waals surface area contributed by atoms with Crippen LogP contribution in [-0.4, -0.2) is 19.7 Å². The van der Waals surface area contributed by atoms with Crippen LogP contribution < -0.4 is 0 Å². The van der Waals surface area contributed by atoms with E-state index in [1.54, 1.807) is 4.68 Å². The topological polar surface area (TPSA) is 43.6 Å². The monoisotopic (exact) mass is 216 g/mol. The Bertz CT molecular complexity index is 499. The van der Waals surface area contributed by atoms with Crippen molar-refractivity contribution in [3.05, 3.63) is 35.4 Å². The SMILES string of the molecule is Cc1cc(C(C)C)nc(-n2ccc(C)n2)n1. The summed E-state index contributed by atoms with van der Waals surface area (Å²) in [6.07, 6.45) is 1.88. The van der Waals surface area contributed by atoms with Gasteiger partial charge in [0, 0.05) is 17.6 Å². The minimum Gasteiger partial charge on any atom is -0.216 e. The van der Waals surface area contributed by atoms with E-state index in [4.69, 9.17) is 0 Å². The maximum Gasteiger partial charge on any atom is 0.250 e. The Kier molecular flexibility index (Phi) is 2.73. The standard InChI is InChI=1S/C12H16N4/c1-8(2)11-7-10(4)13-12(14-11)16-6-5-9(3)15-16/h5-8H,1-4H3. The number of hydrogen-bond donors (Lipinski definition) is 0. The van der Waals surface area contributed by atoms with Gasteiger partial charge in [-0.2, -0.15) is 5.10 Å². The Labute approximate surface area is 95.4 Å². The lowest BCUT2D eigenvalue weighted by Gasteiger charge is -2.07. The van der Waals surface area contributed by atoms with Crippen LogP contribution in [-0.2, 0) is 0 Å². The zero-order valence-corrected chi connectivity index (χ0v) is 10.1. The van der Waals surface area contributed by atoms with Crippen molar-refractivity contribution in [1.82, 2.24) is 19.7 Å². The maximum absolute atomic E-state index is 4.51. The van der Waals surface area contributed by atoms with Crippen LogP contribution >= 0.6 is 0 Å². The van der Waals surface area contributed by atoms with Crippen LogP contribution in [0.15, 0.2) is 18.3 Å². The van der Waals surface area contributed by atoms with E-state index < -0.39 is 0 Å². The molecular formula is C12H16N4. The molecule has 0 aliphatic rings. The minimum atomic E-state index is 0.400. The third kappa shape index (κ3) is 2.10. The van der Waals surface area contributed by atoms with Crippen molar-refractivity contribution in [3.63, 3.8) is 0 Å². The lowest BCUT2D eigenvalue weighted by atomic mass is 10.1. The maximum atomic E-state index is 4.51. The van der Waals surface area contributed by atoms with Gasteiger partial charge in [0.05, 0.1) is 5.69 Å². The van der Waals surface area contributed by atoms with Crippen LogP contribution in [0.1, 0.15) is 36.8 Å². The van der Waals surface area contributed by atoms with Crippen molar-refractivity contribution in [3.8, 4) is 5.95 Å². The Morgan fingerprint density at radius 1 is 1.12 bits per heavy atom. The van der Waals surface area contributed by atoms with E-state index in [2.05, 4.69) is 28.9 Å². The first-order valence-electron chi connectivity index (χ1n) is 5.44. The van der Waals surface area contributed by atoms with Gasteiger partial charge in [-0.05, 0) is 31.9 Å². The van der Waals surface area contributed by atoms with Crippen molar-refractivity contribution in [2.45, 2.75) is 33.6 Å². The molecule has 4 nitrogen and oxygen atoms in total. The number of hydrogen-bond acceptors (Lipinski definition) is 3. The molecule has 0 saturated carbocycles. The summed E-state index contributed by atoms with van der Waals surface area (Å²) >= 11 is 0. The first-order valence-corrected chi connectivity index (χ1v) is 5.44. The van der Waals surface area contributed by atoms with Gasteiger partial charge in [-0.1, -0.05) is 13.8 Å². The smallest absolute Gasteiger partial charge is 0.216 e. The largest absolute Gasteiger partial charge is 0.250 e. The molecule has 0 amide bonds. The van der Waals surface area contributed by atoms with E-state index in [-0.39, 0.29) is 0 Å². The zero-order valence-electron chi connectivity index (χ0n) is 10.1. The van der Waals surface area contributed by atoms with Crippen molar-refractivity contribution in [2.24, 2.45) is 0 Å². The molecule has 0 spiro atoms. The summed E-state index contributed by atoms with van der Waals surface area (Å²) in [5.74, 6) is 1.05. The van der Waals surface area contributed by atoms with Gasteiger partial charge in [-0.25, -0.2) is 14.6 Å². The first-order chi connectivity index (χ1) is 7.56. The average Bonchev–Trinajstić information content (AvgIpc) is 2.64. The second-order valence-corrected chi connectivity index (χ2v) is 4.29. The highest BCUT2D eigenvalue weighted by atomic mass is 15.3. The van der Waals surface area contributed by atoms with Gasteiger partial charge in [-0.15, -0.1) is 0 Å². The van der Waals surface area contributed by atoms with Crippen LogP contribution in [0.4, 0.5) is 0 Å². The highest BCUT2D eigenvalue weighted by molar-refractivity contribution is 5.20. The lowest BCUT2D eigenvalue weighted by Crippen LogP contribution is -2.06. The molecule has 0 atom stereocenters. The Morgan fingerprint density at radius 2 is 1.88 bits per heavy atom. The highest BCUT2D eigenvalue weighted by Gasteiger charge is 2.07. The third-order valence-electron chi connectivity index (χ3n) is 2.38. The second-order valence-electron chi connectivity index (χ2n) is 4.29. The normalized spacial score (nSPS) is 11.1. The molecule has 0 saturated heterocycles. The quantitative estimate of drug-likeness (QED) is 0.774. The Hall–Kier alpha value is -1.71. The number of aromatic nitrogens is 4. The summed E-state index contributed by atoms with van der Waals surface area (Å²) in [5.41, 5.74) is 2.99. The third-order valence-corrected chi connectivity index (χ3v) is 2.38.